The maximum atomic E-state index is 12.6. The van der Waals surface area contributed by atoms with E-state index in [1.54, 1.807) is 23.0 Å². The minimum Gasteiger partial charge on any atom is -0.493 e. The topological polar surface area (TPSA) is 105 Å². The predicted octanol–water partition coefficient (Wildman–Crippen LogP) is 3.25. The molecule has 10 nitrogen and oxygen atoms in total. The number of aromatic amines is 1. The summed E-state index contributed by atoms with van der Waals surface area (Å²) in [6, 6.07) is 2.16. The largest absolute Gasteiger partial charge is 0.493 e. The van der Waals surface area contributed by atoms with E-state index in [4.69, 9.17) is 14.8 Å². The quantitative estimate of drug-likeness (QED) is 0.409. The fourth-order valence-corrected chi connectivity index (χ4v) is 6.04. The van der Waals surface area contributed by atoms with Crippen molar-refractivity contribution in [3.63, 3.8) is 0 Å². The summed E-state index contributed by atoms with van der Waals surface area (Å²) < 4.78 is 7.28. The van der Waals surface area contributed by atoms with Gasteiger partial charge in [-0.3, -0.25) is 9.89 Å². The van der Waals surface area contributed by atoms with Crippen molar-refractivity contribution in [2.24, 2.45) is 0 Å². The third kappa shape index (κ3) is 4.37. The Balaban J connectivity index is 1.47. The van der Waals surface area contributed by atoms with Crippen LogP contribution in [0, 0.1) is 0 Å². The molecule has 1 N–H and O–H groups in total. The highest BCUT2D eigenvalue weighted by Crippen LogP contribution is 2.40. The highest BCUT2D eigenvalue weighted by Gasteiger charge is 2.30. The molecule has 0 bridgehead atoms. The van der Waals surface area contributed by atoms with E-state index in [9.17, 15) is 4.79 Å². The van der Waals surface area contributed by atoms with E-state index >= 15 is 0 Å². The van der Waals surface area contributed by atoms with Gasteiger partial charge in [-0.1, -0.05) is 13.8 Å². The molecule has 0 aromatic carbocycles. The molecule has 4 aromatic heterocycles. The van der Waals surface area contributed by atoms with Gasteiger partial charge in [-0.05, 0) is 38.9 Å². The van der Waals surface area contributed by atoms with Crippen LogP contribution in [0.15, 0.2) is 18.6 Å². The zero-order chi connectivity index (χ0) is 25.6. The third-order valence-corrected chi connectivity index (χ3v) is 7.87. The van der Waals surface area contributed by atoms with Crippen molar-refractivity contribution < 1.29 is 9.53 Å². The molecule has 0 radical (unpaired) electrons. The predicted molar refractivity (Wildman–Crippen MR) is 139 cm³/mol. The maximum absolute atomic E-state index is 12.6. The van der Waals surface area contributed by atoms with E-state index < -0.39 is 0 Å². The molecule has 0 spiro atoms. The van der Waals surface area contributed by atoms with Crippen molar-refractivity contribution in [2.45, 2.75) is 45.1 Å². The van der Waals surface area contributed by atoms with Crippen molar-refractivity contribution >= 4 is 22.9 Å². The molecule has 1 atom stereocenters. The van der Waals surface area contributed by atoms with E-state index in [-0.39, 0.29) is 17.9 Å². The van der Waals surface area contributed by atoms with Crippen LogP contribution in [0.25, 0.3) is 27.6 Å². The van der Waals surface area contributed by atoms with Crippen molar-refractivity contribution in [1.29, 1.82) is 0 Å². The van der Waals surface area contributed by atoms with Crippen LogP contribution in [0.5, 0.6) is 5.75 Å². The lowest BCUT2D eigenvalue weighted by Crippen LogP contribution is -2.44. The van der Waals surface area contributed by atoms with Gasteiger partial charge in [0.15, 0.2) is 11.4 Å². The molecule has 1 aliphatic carbocycles. The molecule has 0 saturated heterocycles. The summed E-state index contributed by atoms with van der Waals surface area (Å²) in [6.45, 7) is 4.75. The molecule has 1 unspecified atom stereocenters. The first-order valence-corrected chi connectivity index (χ1v) is 12.9. The molecule has 11 heteroatoms. The van der Waals surface area contributed by atoms with Crippen LogP contribution in [0.3, 0.4) is 0 Å². The van der Waals surface area contributed by atoms with Gasteiger partial charge in [-0.15, -0.1) is 11.3 Å². The van der Waals surface area contributed by atoms with Gasteiger partial charge in [0.2, 0.25) is 5.91 Å². The lowest BCUT2D eigenvalue weighted by molar-refractivity contribution is -0.132. The van der Waals surface area contributed by atoms with Crippen LogP contribution in [-0.4, -0.2) is 86.3 Å². The highest BCUT2D eigenvalue weighted by molar-refractivity contribution is 7.15. The molecule has 1 aliphatic rings. The molecule has 1 amide bonds. The fourth-order valence-electron chi connectivity index (χ4n) is 4.85. The number of aromatic nitrogens is 6. The molecule has 0 saturated carbocycles. The molecule has 5 rings (SSSR count). The first-order valence-electron chi connectivity index (χ1n) is 12.1. The Morgan fingerprint density at radius 3 is 2.86 bits per heavy atom. The summed E-state index contributed by atoms with van der Waals surface area (Å²) >= 11 is 1.69. The van der Waals surface area contributed by atoms with E-state index in [0.717, 1.165) is 52.5 Å². The first-order chi connectivity index (χ1) is 17.3. The van der Waals surface area contributed by atoms with Crippen molar-refractivity contribution in [1.82, 2.24) is 39.6 Å². The molecule has 0 fully saturated rings. The highest BCUT2D eigenvalue weighted by atomic mass is 32.1. The Labute approximate surface area is 214 Å². The number of carbonyl (C=O) groups excluding carboxylic acids is 1. The number of ether oxygens (including phenoxy) is 1. The number of methoxy groups -OCH3 is 1. The number of H-pyrrole nitrogens is 1. The monoisotopic (exact) mass is 508 g/mol. The second-order valence-corrected chi connectivity index (χ2v) is 11.0. The van der Waals surface area contributed by atoms with Gasteiger partial charge in [-0.2, -0.15) is 10.2 Å². The molecular formula is C25H32N8O2S. The number of amides is 1. The number of nitrogens with zero attached hydrogens (tertiary/aromatic N) is 7. The summed E-state index contributed by atoms with van der Waals surface area (Å²) in [7, 11) is 7.39. The number of hydrogen-bond donors (Lipinski definition) is 1. The molecule has 0 aliphatic heterocycles. The van der Waals surface area contributed by atoms with Crippen LogP contribution < -0.4 is 4.74 Å². The fraction of sp³-hybridized carbons (Fsp3) is 0.480. The average molecular weight is 509 g/mol. The van der Waals surface area contributed by atoms with Crippen LogP contribution in [0.2, 0.25) is 0 Å². The standard InChI is InChI=1S/C25H32N8O2S/c1-14(2)21-22(15-9-18(35-6)24-26-13-27-33(24)11-15)29-30-23(21)25-28-17-8-7-16(10-19(17)36-25)32(5)20(34)12-31(3)4/h9,11,13-14,16H,7-8,10,12H2,1-6H3,(H,29,30). The van der Waals surface area contributed by atoms with Crippen LogP contribution in [0.4, 0.5) is 0 Å². The Kier molecular flexibility index (Phi) is 6.52. The minimum atomic E-state index is 0.150. The number of pyridine rings is 1. The van der Waals surface area contributed by atoms with Gasteiger partial charge in [0.05, 0.1) is 25.0 Å². The number of nitrogens with one attached hydrogen (secondary N) is 1. The number of aryl methyl sites for hydroxylation is 1. The van der Waals surface area contributed by atoms with E-state index in [1.165, 1.54) is 11.2 Å². The van der Waals surface area contributed by atoms with E-state index in [2.05, 4.69) is 29.0 Å². The number of carbonyl (C=O) groups is 1. The van der Waals surface area contributed by atoms with Crippen LogP contribution >= 0.6 is 11.3 Å². The van der Waals surface area contributed by atoms with Crippen LogP contribution in [0.1, 0.15) is 42.3 Å². The zero-order valence-corrected chi connectivity index (χ0v) is 22.4. The average Bonchev–Trinajstić information content (AvgIpc) is 3.59. The third-order valence-electron chi connectivity index (χ3n) is 6.74. The minimum absolute atomic E-state index is 0.150. The summed E-state index contributed by atoms with van der Waals surface area (Å²) in [6.07, 6.45) is 6.07. The van der Waals surface area contributed by atoms with Gasteiger partial charge in [0, 0.05) is 41.7 Å². The summed E-state index contributed by atoms with van der Waals surface area (Å²) in [4.78, 5) is 26.9. The van der Waals surface area contributed by atoms with Crippen molar-refractivity contribution in [3.05, 3.63) is 34.7 Å². The van der Waals surface area contributed by atoms with Gasteiger partial charge in [0.1, 0.15) is 17.0 Å². The number of likely N-dealkylation sites (N-methyl/N-ethyl adjacent to an activating group) is 2. The number of hydrogen-bond acceptors (Lipinski definition) is 8. The number of rotatable bonds is 7. The number of fused-ring (bicyclic) bond motifs is 2. The van der Waals surface area contributed by atoms with Crippen molar-refractivity contribution in [3.8, 4) is 27.7 Å². The summed E-state index contributed by atoms with van der Waals surface area (Å²) in [5, 5.41) is 13.2. The van der Waals surface area contributed by atoms with E-state index in [0.29, 0.717) is 17.9 Å². The smallest absolute Gasteiger partial charge is 0.236 e. The van der Waals surface area contributed by atoms with E-state index in [1.807, 2.05) is 43.2 Å². The van der Waals surface area contributed by atoms with Gasteiger partial charge >= 0.3 is 0 Å². The Hall–Kier alpha value is -3.31. The molecule has 4 aromatic rings. The second-order valence-electron chi connectivity index (χ2n) is 9.87. The lowest BCUT2D eigenvalue weighted by Gasteiger charge is -2.31. The molecule has 4 heterocycles. The van der Waals surface area contributed by atoms with Gasteiger partial charge < -0.3 is 14.5 Å². The molecule has 36 heavy (non-hydrogen) atoms. The Morgan fingerprint density at radius 1 is 1.33 bits per heavy atom. The second kappa shape index (κ2) is 9.62. The Morgan fingerprint density at radius 2 is 2.14 bits per heavy atom. The Bertz CT molecular complexity index is 1400. The van der Waals surface area contributed by atoms with Gasteiger partial charge in [0.25, 0.3) is 0 Å². The maximum Gasteiger partial charge on any atom is 0.236 e. The first kappa shape index (κ1) is 24.4. The molecular weight excluding hydrogens is 476 g/mol. The lowest BCUT2D eigenvalue weighted by atomic mass is 9.96. The number of thiazole rings is 1. The zero-order valence-electron chi connectivity index (χ0n) is 21.6. The van der Waals surface area contributed by atoms with Crippen LogP contribution in [-0.2, 0) is 17.6 Å². The SMILES string of the molecule is COc1cc(-c2[nH]nc(-c3nc4c(s3)CC(N(C)C(=O)CN(C)C)CC4)c2C(C)C)cn2ncnc12. The molecule has 190 valence electrons. The summed E-state index contributed by atoms with van der Waals surface area (Å²) in [5.41, 5.74) is 5.64. The summed E-state index contributed by atoms with van der Waals surface area (Å²) in [5.74, 6) is 1.02. The van der Waals surface area contributed by atoms with Crippen molar-refractivity contribution in [2.75, 3.05) is 34.8 Å². The normalized spacial score (nSPS) is 15.6. The van der Waals surface area contributed by atoms with Gasteiger partial charge in [-0.25, -0.2) is 14.5 Å².